The Bertz CT molecular complexity index is 226. The van der Waals surface area contributed by atoms with Gasteiger partial charge in [0.25, 0.3) is 0 Å². The number of piperidine rings is 1. The molecule has 0 aromatic rings. The number of aliphatic hydroxyl groups is 1. The number of amides is 2. The van der Waals surface area contributed by atoms with Crippen molar-refractivity contribution in [1.82, 2.24) is 9.80 Å². The van der Waals surface area contributed by atoms with Gasteiger partial charge in [-0.25, -0.2) is 4.79 Å². The van der Waals surface area contributed by atoms with Crippen molar-refractivity contribution in [1.29, 1.82) is 0 Å². The summed E-state index contributed by atoms with van der Waals surface area (Å²) in [6.07, 6.45) is 3.48. The summed E-state index contributed by atoms with van der Waals surface area (Å²) in [4.78, 5) is 15.4. The van der Waals surface area contributed by atoms with Crippen LogP contribution in [0, 0.1) is 0 Å². The molecule has 0 unspecified atom stereocenters. The first-order valence-electron chi connectivity index (χ1n) is 5.35. The molecule has 0 aliphatic carbocycles. The molecule has 0 aromatic carbocycles. The summed E-state index contributed by atoms with van der Waals surface area (Å²) in [7, 11) is 0. The summed E-state index contributed by atoms with van der Waals surface area (Å²) >= 11 is 0. The summed E-state index contributed by atoms with van der Waals surface area (Å²) in [5, 5.41) is 9.52. The number of β-amino-alcohol motifs (C(OH)–C–C–N with tert-alkyl or cyclic N) is 1. The van der Waals surface area contributed by atoms with Crippen molar-refractivity contribution in [3.8, 4) is 0 Å². The second-order valence-corrected chi connectivity index (χ2v) is 4.68. The topological polar surface area (TPSA) is 43.8 Å². The van der Waals surface area contributed by atoms with Crippen LogP contribution in [0.3, 0.4) is 0 Å². The van der Waals surface area contributed by atoms with Crippen LogP contribution in [0.2, 0.25) is 0 Å². The van der Waals surface area contributed by atoms with E-state index in [2.05, 4.69) is 0 Å². The first kappa shape index (κ1) is 9.77. The Morgan fingerprint density at radius 2 is 1.71 bits per heavy atom. The van der Waals surface area contributed by atoms with Gasteiger partial charge in [0, 0.05) is 13.1 Å². The van der Waals surface area contributed by atoms with Crippen LogP contribution < -0.4 is 0 Å². The molecule has 2 rings (SSSR count). The minimum Gasteiger partial charge on any atom is -0.386 e. The third kappa shape index (κ3) is 1.85. The van der Waals surface area contributed by atoms with Crippen molar-refractivity contribution in [3.05, 3.63) is 0 Å². The van der Waals surface area contributed by atoms with Gasteiger partial charge in [0.2, 0.25) is 0 Å². The molecule has 4 nitrogen and oxygen atoms in total. The molecule has 2 saturated heterocycles. The first-order valence-corrected chi connectivity index (χ1v) is 5.35. The molecule has 0 radical (unpaired) electrons. The molecule has 0 aromatic heterocycles. The fourth-order valence-electron chi connectivity index (χ4n) is 2.20. The smallest absolute Gasteiger partial charge is 0.320 e. The summed E-state index contributed by atoms with van der Waals surface area (Å²) in [6.45, 7) is 4.52. The van der Waals surface area contributed by atoms with Crippen LogP contribution in [-0.4, -0.2) is 52.7 Å². The zero-order valence-corrected chi connectivity index (χ0v) is 8.70. The van der Waals surface area contributed by atoms with Gasteiger partial charge in [-0.05, 0) is 26.2 Å². The standard InChI is InChI=1S/C10H18N2O2/c1-10(14)7-12(8-10)9(13)11-5-3-2-4-6-11/h14H,2-8H2,1H3. The Morgan fingerprint density at radius 3 is 2.21 bits per heavy atom. The Hall–Kier alpha value is -0.770. The molecule has 1 N–H and O–H groups in total. The normalized spacial score (nSPS) is 25.9. The van der Waals surface area contributed by atoms with E-state index in [1.54, 1.807) is 11.8 Å². The van der Waals surface area contributed by atoms with Gasteiger partial charge >= 0.3 is 6.03 Å². The largest absolute Gasteiger partial charge is 0.386 e. The Morgan fingerprint density at radius 1 is 1.14 bits per heavy atom. The van der Waals surface area contributed by atoms with E-state index in [0.29, 0.717) is 13.1 Å². The number of carbonyl (C=O) groups is 1. The quantitative estimate of drug-likeness (QED) is 0.621. The fraction of sp³-hybridized carbons (Fsp3) is 0.900. The number of hydrogen-bond acceptors (Lipinski definition) is 2. The maximum atomic E-state index is 11.8. The van der Waals surface area contributed by atoms with Crippen molar-refractivity contribution in [3.63, 3.8) is 0 Å². The molecule has 2 fully saturated rings. The third-order valence-corrected chi connectivity index (χ3v) is 2.96. The molecule has 0 bridgehead atoms. The zero-order valence-electron chi connectivity index (χ0n) is 8.70. The van der Waals surface area contributed by atoms with Crippen LogP contribution in [-0.2, 0) is 0 Å². The number of carbonyl (C=O) groups excluding carboxylic acids is 1. The monoisotopic (exact) mass is 198 g/mol. The summed E-state index contributed by atoms with van der Waals surface area (Å²) in [6, 6.07) is 0.108. The number of urea groups is 1. The van der Waals surface area contributed by atoms with E-state index in [9.17, 15) is 9.90 Å². The molecule has 4 heteroatoms. The van der Waals surface area contributed by atoms with Crippen molar-refractivity contribution >= 4 is 6.03 Å². The Kier molecular flexibility index (Phi) is 2.39. The van der Waals surface area contributed by atoms with Gasteiger partial charge in [0.1, 0.15) is 0 Å². The van der Waals surface area contributed by atoms with Gasteiger partial charge in [0.05, 0.1) is 18.7 Å². The van der Waals surface area contributed by atoms with Crippen LogP contribution in [0.4, 0.5) is 4.79 Å². The van der Waals surface area contributed by atoms with Crippen LogP contribution in [0.25, 0.3) is 0 Å². The molecular weight excluding hydrogens is 180 g/mol. The summed E-state index contributed by atoms with van der Waals surface area (Å²) < 4.78 is 0. The molecule has 14 heavy (non-hydrogen) atoms. The highest BCUT2D eigenvalue weighted by Crippen LogP contribution is 2.22. The zero-order chi connectivity index (χ0) is 10.2. The lowest BCUT2D eigenvalue weighted by Crippen LogP contribution is -2.64. The van der Waals surface area contributed by atoms with Crippen LogP contribution in [0.15, 0.2) is 0 Å². The minimum atomic E-state index is -0.647. The minimum absolute atomic E-state index is 0.108. The van der Waals surface area contributed by atoms with Crippen molar-refractivity contribution < 1.29 is 9.90 Å². The van der Waals surface area contributed by atoms with Gasteiger partial charge in [-0.3, -0.25) is 0 Å². The maximum absolute atomic E-state index is 11.8. The molecule has 0 atom stereocenters. The van der Waals surface area contributed by atoms with E-state index in [-0.39, 0.29) is 6.03 Å². The lowest BCUT2D eigenvalue weighted by atomic mass is 9.97. The van der Waals surface area contributed by atoms with Crippen LogP contribution >= 0.6 is 0 Å². The van der Waals surface area contributed by atoms with Gasteiger partial charge in [-0.2, -0.15) is 0 Å². The predicted octanol–water partition coefficient (Wildman–Crippen LogP) is 0.659. The van der Waals surface area contributed by atoms with Gasteiger partial charge in [0.15, 0.2) is 0 Å². The van der Waals surface area contributed by atoms with Crippen molar-refractivity contribution in [2.75, 3.05) is 26.2 Å². The van der Waals surface area contributed by atoms with Gasteiger partial charge in [-0.1, -0.05) is 0 Å². The van der Waals surface area contributed by atoms with E-state index in [1.807, 2.05) is 4.90 Å². The first-order chi connectivity index (χ1) is 6.58. The molecule has 2 aliphatic rings. The van der Waals surface area contributed by atoms with E-state index in [1.165, 1.54) is 6.42 Å². The lowest BCUT2D eigenvalue weighted by molar-refractivity contribution is -0.0671. The number of likely N-dealkylation sites (tertiary alicyclic amines) is 2. The Labute approximate surface area is 84.5 Å². The molecule has 2 aliphatic heterocycles. The SMILES string of the molecule is CC1(O)CN(C(=O)N2CCCCC2)C1. The van der Waals surface area contributed by atoms with Crippen molar-refractivity contribution in [2.24, 2.45) is 0 Å². The van der Waals surface area contributed by atoms with Crippen LogP contribution in [0.1, 0.15) is 26.2 Å². The number of rotatable bonds is 0. The average molecular weight is 198 g/mol. The lowest BCUT2D eigenvalue weighted by Gasteiger charge is -2.46. The van der Waals surface area contributed by atoms with Gasteiger partial charge < -0.3 is 14.9 Å². The highest BCUT2D eigenvalue weighted by atomic mass is 16.3. The Balaban J connectivity index is 1.84. The second-order valence-electron chi connectivity index (χ2n) is 4.68. The van der Waals surface area contributed by atoms with E-state index < -0.39 is 5.60 Å². The van der Waals surface area contributed by atoms with Gasteiger partial charge in [-0.15, -0.1) is 0 Å². The molecule has 2 heterocycles. The maximum Gasteiger partial charge on any atom is 0.320 e. The van der Waals surface area contributed by atoms with E-state index in [0.717, 1.165) is 25.9 Å². The highest BCUT2D eigenvalue weighted by molar-refractivity contribution is 5.75. The fourth-order valence-corrected chi connectivity index (χ4v) is 2.20. The number of nitrogens with zero attached hydrogens (tertiary/aromatic N) is 2. The predicted molar refractivity (Wildman–Crippen MR) is 53.0 cm³/mol. The highest BCUT2D eigenvalue weighted by Gasteiger charge is 2.41. The van der Waals surface area contributed by atoms with E-state index in [4.69, 9.17) is 0 Å². The van der Waals surface area contributed by atoms with Crippen molar-refractivity contribution in [2.45, 2.75) is 31.8 Å². The summed E-state index contributed by atoms with van der Waals surface area (Å²) in [5.74, 6) is 0. The number of hydrogen-bond donors (Lipinski definition) is 1. The summed E-state index contributed by atoms with van der Waals surface area (Å²) in [5.41, 5.74) is -0.647. The molecule has 0 spiro atoms. The van der Waals surface area contributed by atoms with E-state index >= 15 is 0 Å². The second kappa shape index (κ2) is 3.42. The average Bonchev–Trinajstić information content (AvgIpc) is 2.14. The molecular formula is C10H18N2O2. The van der Waals surface area contributed by atoms with Crippen LogP contribution in [0.5, 0.6) is 0 Å². The molecule has 0 saturated carbocycles. The molecule has 2 amide bonds. The molecule has 80 valence electrons. The third-order valence-electron chi connectivity index (χ3n) is 2.96.